The molecule has 2 saturated heterocycles. The molecule has 2 aromatic carbocycles. The second kappa shape index (κ2) is 14.0. The average Bonchev–Trinajstić information content (AvgIpc) is 3.43. The number of nitro groups is 2. The Morgan fingerprint density at radius 2 is 1.53 bits per heavy atom. The van der Waals surface area contributed by atoms with Gasteiger partial charge < -0.3 is 24.4 Å². The van der Waals surface area contributed by atoms with Crippen LogP contribution in [-0.4, -0.2) is 68.5 Å². The number of rotatable bonds is 11. The number of carbonyl (C=O) groups is 4. The highest BCUT2D eigenvalue weighted by Gasteiger charge is 2.46. The highest BCUT2D eigenvalue weighted by atomic mass is 32.2. The molecule has 1 N–H and O–H groups in total. The number of carbonyl (C=O) groups excluding carboxylic acids is 4. The van der Waals surface area contributed by atoms with Gasteiger partial charge in [0.15, 0.2) is 5.12 Å². The van der Waals surface area contributed by atoms with Gasteiger partial charge in [-0.05, 0) is 48.7 Å². The molecule has 2 amide bonds. The Morgan fingerprint density at radius 3 is 2.07 bits per heavy atom. The maximum absolute atomic E-state index is 12.7. The summed E-state index contributed by atoms with van der Waals surface area (Å²) in [6.45, 7) is 2.01. The van der Waals surface area contributed by atoms with E-state index in [-0.39, 0.29) is 47.3 Å². The number of nitrogens with one attached hydrogen (secondary N) is 1. The fourth-order valence-electron chi connectivity index (χ4n) is 4.64. The molecule has 2 aliphatic rings. The predicted molar refractivity (Wildman–Crippen MR) is 150 cm³/mol. The molecule has 2 heterocycles. The van der Waals surface area contributed by atoms with Crippen molar-refractivity contribution in [3.05, 3.63) is 79.9 Å². The minimum absolute atomic E-state index is 0.00765. The van der Waals surface area contributed by atoms with Crippen LogP contribution in [0.1, 0.15) is 30.9 Å². The summed E-state index contributed by atoms with van der Waals surface area (Å²) in [5.74, 6) is -1.10. The first-order valence-corrected chi connectivity index (χ1v) is 14.1. The Labute approximate surface area is 249 Å². The second-order valence-electron chi connectivity index (χ2n) is 9.95. The standard InChI is InChI=1S/C27H28N4O11S/c1-16(42-27(35)41-15-18-4-8-20(9-5-18)31(38)39)24-22(28-25(24)33)12-23(32)43-21-10-11-29(13-21)26(34)40-14-17-2-6-19(7-3-17)30(36)37/h2-9,16,21-22,24H,10-15H2,1H3,(H,28,33)/t16-,21+,22-,24-/m1/s1. The third kappa shape index (κ3) is 8.41. The number of β-lactam (4-membered cyclic amide) rings is 1. The summed E-state index contributed by atoms with van der Waals surface area (Å²) in [5.41, 5.74) is 0.959. The van der Waals surface area contributed by atoms with E-state index in [0.29, 0.717) is 30.6 Å². The molecule has 0 unspecified atom stereocenters. The smallest absolute Gasteiger partial charge is 0.445 e. The lowest BCUT2D eigenvalue weighted by molar-refractivity contribution is -0.385. The van der Waals surface area contributed by atoms with Crippen LogP contribution in [0, 0.1) is 26.1 Å². The fourth-order valence-corrected chi connectivity index (χ4v) is 5.77. The van der Waals surface area contributed by atoms with Crippen LogP contribution in [0.3, 0.4) is 0 Å². The predicted octanol–water partition coefficient (Wildman–Crippen LogP) is 3.72. The molecule has 16 heteroatoms. The third-order valence-electron chi connectivity index (χ3n) is 6.95. The molecule has 0 saturated carbocycles. The zero-order valence-electron chi connectivity index (χ0n) is 22.9. The first-order chi connectivity index (χ1) is 20.5. The van der Waals surface area contributed by atoms with Crippen molar-refractivity contribution in [1.82, 2.24) is 10.2 Å². The topological polar surface area (TPSA) is 198 Å². The van der Waals surface area contributed by atoms with Crippen LogP contribution in [0.5, 0.6) is 0 Å². The van der Waals surface area contributed by atoms with Crippen molar-refractivity contribution in [2.45, 2.75) is 50.4 Å². The molecule has 2 aliphatic heterocycles. The summed E-state index contributed by atoms with van der Waals surface area (Å²) < 4.78 is 15.6. The summed E-state index contributed by atoms with van der Waals surface area (Å²) in [5, 5.41) is 23.8. The number of hydrogen-bond donors (Lipinski definition) is 1. The third-order valence-corrected chi connectivity index (χ3v) is 8.10. The van der Waals surface area contributed by atoms with E-state index in [1.54, 1.807) is 0 Å². The SMILES string of the molecule is C[C@@H](OC(=O)OCc1ccc([N+](=O)[O-])cc1)[C@H]1C(=O)N[C@@H]1CC(=O)S[C@H]1CCN(C(=O)OCc2ccc([N+](=O)[O-])cc2)C1. The first-order valence-electron chi connectivity index (χ1n) is 13.2. The van der Waals surface area contributed by atoms with Gasteiger partial charge in [0.1, 0.15) is 19.3 Å². The Morgan fingerprint density at radius 1 is 0.977 bits per heavy atom. The number of hydrogen-bond acceptors (Lipinski definition) is 12. The highest BCUT2D eigenvalue weighted by molar-refractivity contribution is 8.14. The zero-order valence-corrected chi connectivity index (χ0v) is 23.7. The lowest BCUT2D eigenvalue weighted by Crippen LogP contribution is -2.62. The van der Waals surface area contributed by atoms with Crippen LogP contribution < -0.4 is 5.32 Å². The summed E-state index contributed by atoms with van der Waals surface area (Å²) in [6.07, 6.45) is -1.85. The quantitative estimate of drug-likeness (QED) is 0.166. The molecule has 0 aromatic heterocycles. The molecule has 228 valence electrons. The maximum atomic E-state index is 12.7. The number of ether oxygens (including phenoxy) is 3. The van der Waals surface area contributed by atoms with Gasteiger partial charge >= 0.3 is 12.2 Å². The van der Waals surface area contributed by atoms with E-state index >= 15 is 0 Å². The first kappa shape index (κ1) is 31.2. The number of likely N-dealkylation sites (tertiary alicyclic amines) is 1. The van der Waals surface area contributed by atoms with E-state index in [2.05, 4.69) is 5.32 Å². The second-order valence-corrected chi connectivity index (χ2v) is 11.3. The Balaban J connectivity index is 1.16. The Bertz CT molecular complexity index is 1390. The summed E-state index contributed by atoms with van der Waals surface area (Å²) >= 11 is 1.08. The van der Waals surface area contributed by atoms with Gasteiger partial charge in [-0.1, -0.05) is 11.8 Å². The van der Waals surface area contributed by atoms with Gasteiger partial charge in [-0.15, -0.1) is 0 Å². The van der Waals surface area contributed by atoms with Crippen LogP contribution in [0.2, 0.25) is 0 Å². The average molecular weight is 617 g/mol. The summed E-state index contributed by atoms with van der Waals surface area (Å²) in [6, 6.07) is 10.6. The molecule has 0 bridgehead atoms. The normalized spacial score (nSPS) is 19.9. The van der Waals surface area contributed by atoms with Gasteiger partial charge in [0.2, 0.25) is 5.91 Å². The van der Waals surface area contributed by atoms with Crippen LogP contribution >= 0.6 is 11.8 Å². The Kier molecular flexibility index (Phi) is 10.1. The van der Waals surface area contributed by atoms with Crippen molar-refractivity contribution >= 4 is 46.4 Å². The molecule has 0 spiro atoms. The van der Waals surface area contributed by atoms with Gasteiger partial charge in [-0.2, -0.15) is 0 Å². The van der Waals surface area contributed by atoms with Gasteiger partial charge in [-0.3, -0.25) is 29.8 Å². The number of nitro benzene ring substituents is 2. The molecule has 15 nitrogen and oxygen atoms in total. The number of benzene rings is 2. The number of amides is 2. The van der Waals surface area contributed by atoms with Crippen LogP contribution in [0.4, 0.5) is 21.0 Å². The van der Waals surface area contributed by atoms with E-state index in [0.717, 1.165) is 11.8 Å². The largest absolute Gasteiger partial charge is 0.508 e. The van der Waals surface area contributed by atoms with E-state index in [4.69, 9.17) is 14.2 Å². The minimum Gasteiger partial charge on any atom is -0.445 e. The molecule has 4 rings (SSSR count). The van der Waals surface area contributed by atoms with Crippen molar-refractivity contribution in [3.8, 4) is 0 Å². The van der Waals surface area contributed by atoms with Gasteiger partial charge in [0.25, 0.3) is 11.4 Å². The molecule has 2 fully saturated rings. The van der Waals surface area contributed by atoms with E-state index in [1.807, 2.05) is 0 Å². The van der Waals surface area contributed by atoms with Gasteiger partial charge in [0, 0.05) is 49.0 Å². The fraction of sp³-hybridized carbons (Fsp3) is 0.407. The van der Waals surface area contributed by atoms with Crippen LogP contribution in [0.15, 0.2) is 48.5 Å². The molecule has 0 aliphatic carbocycles. The number of non-ortho nitro benzene ring substituents is 2. The van der Waals surface area contributed by atoms with Crippen molar-refractivity contribution in [3.63, 3.8) is 0 Å². The van der Waals surface area contributed by atoms with Crippen molar-refractivity contribution < 1.29 is 43.2 Å². The van der Waals surface area contributed by atoms with E-state index < -0.39 is 40.2 Å². The van der Waals surface area contributed by atoms with Crippen LogP contribution in [0.25, 0.3) is 0 Å². The minimum atomic E-state index is -1.02. The van der Waals surface area contributed by atoms with Crippen molar-refractivity contribution in [1.29, 1.82) is 0 Å². The molecule has 0 radical (unpaired) electrons. The van der Waals surface area contributed by atoms with E-state index in [1.165, 1.54) is 60.4 Å². The molecule has 43 heavy (non-hydrogen) atoms. The Hall–Kier alpha value is -4.73. The van der Waals surface area contributed by atoms with E-state index in [9.17, 15) is 39.4 Å². The van der Waals surface area contributed by atoms with Gasteiger partial charge in [-0.25, -0.2) is 9.59 Å². The monoisotopic (exact) mass is 616 g/mol. The molecular weight excluding hydrogens is 588 g/mol. The summed E-state index contributed by atoms with van der Waals surface area (Å²) in [7, 11) is 0. The van der Waals surface area contributed by atoms with Crippen molar-refractivity contribution in [2.24, 2.45) is 5.92 Å². The highest BCUT2D eigenvalue weighted by Crippen LogP contribution is 2.30. The molecule has 4 atom stereocenters. The number of thioether (sulfide) groups is 1. The van der Waals surface area contributed by atoms with Crippen molar-refractivity contribution in [2.75, 3.05) is 13.1 Å². The lowest BCUT2D eigenvalue weighted by Gasteiger charge is -2.39. The van der Waals surface area contributed by atoms with Gasteiger partial charge in [0.05, 0.1) is 21.8 Å². The maximum Gasteiger partial charge on any atom is 0.508 e. The zero-order chi connectivity index (χ0) is 31.1. The lowest BCUT2D eigenvalue weighted by atomic mass is 9.84. The number of nitrogens with zero attached hydrogens (tertiary/aromatic N) is 3. The summed E-state index contributed by atoms with van der Waals surface area (Å²) in [4.78, 5) is 71.4. The van der Waals surface area contributed by atoms with Crippen LogP contribution in [-0.2, 0) is 37.0 Å². The molecule has 2 aromatic rings. The molecular formula is C27H28N4O11S.